The molecule has 2 amide bonds. The number of aromatic nitrogens is 3. The average Bonchev–Trinajstić information content (AvgIpc) is 3.48. The number of carbonyl (C=O) groups is 1. The Kier molecular flexibility index (Phi) is 10.6. The van der Waals surface area contributed by atoms with Crippen molar-refractivity contribution in [2.75, 3.05) is 17.2 Å². The van der Waals surface area contributed by atoms with Crippen LogP contribution in [0.25, 0.3) is 17.1 Å². The third kappa shape index (κ3) is 8.94. The van der Waals surface area contributed by atoms with E-state index in [0.29, 0.717) is 24.0 Å². The number of hydrogen-bond donors (Lipinski definition) is 1. The molecule has 3 aromatic carbocycles. The summed E-state index contributed by atoms with van der Waals surface area (Å²) in [6.45, 7) is 11.2. The maximum Gasteiger partial charge on any atom is 0.573 e. The summed E-state index contributed by atoms with van der Waals surface area (Å²) in [7, 11) is 0. The van der Waals surface area contributed by atoms with Crippen molar-refractivity contribution in [2.24, 2.45) is 10.9 Å². The van der Waals surface area contributed by atoms with Gasteiger partial charge in [0.2, 0.25) is 0 Å². The fourth-order valence-electron chi connectivity index (χ4n) is 5.83. The molecule has 1 aromatic heterocycles. The molecule has 2 heterocycles. The Bertz CT molecular complexity index is 1700. The number of anilines is 1. The van der Waals surface area contributed by atoms with Gasteiger partial charge in [-0.1, -0.05) is 60.6 Å². The molecule has 2 unspecified atom stereocenters. The largest absolute Gasteiger partial charge is 0.573 e. The Morgan fingerprint density at radius 2 is 1.77 bits per heavy atom. The number of thioether (sulfide) groups is 1. The predicted molar refractivity (Wildman–Crippen MR) is 181 cm³/mol. The molecule has 8 nitrogen and oxygen atoms in total. The zero-order chi connectivity index (χ0) is 33.7. The second-order valence-electron chi connectivity index (χ2n) is 12.1. The summed E-state index contributed by atoms with van der Waals surface area (Å²) < 4.78 is 42.7. The Labute approximate surface area is 277 Å². The van der Waals surface area contributed by atoms with E-state index in [1.165, 1.54) is 52.0 Å². The van der Waals surface area contributed by atoms with Gasteiger partial charge in [-0.2, -0.15) is 4.99 Å². The van der Waals surface area contributed by atoms with Gasteiger partial charge in [0, 0.05) is 29.6 Å². The van der Waals surface area contributed by atoms with Crippen molar-refractivity contribution in [3.8, 4) is 22.8 Å². The van der Waals surface area contributed by atoms with Crippen LogP contribution in [-0.2, 0) is 6.42 Å². The highest BCUT2D eigenvalue weighted by molar-refractivity contribution is 8.14. The van der Waals surface area contributed by atoms with Crippen molar-refractivity contribution in [3.63, 3.8) is 0 Å². The fourth-order valence-corrected chi connectivity index (χ4v) is 7.03. The van der Waals surface area contributed by atoms with E-state index in [-0.39, 0.29) is 17.8 Å². The molecular formula is C35H39F3N6O2S. The van der Waals surface area contributed by atoms with Gasteiger partial charge in [-0.15, -0.1) is 18.3 Å². The number of carbonyl (C=O) groups excluding carboxylic acids is 1. The first-order valence-corrected chi connectivity index (χ1v) is 16.6. The van der Waals surface area contributed by atoms with Crippen molar-refractivity contribution < 1.29 is 22.7 Å². The minimum atomic E-state index is -4.74. The van der Waals surface area contributed by atoms with Gasteiger partial charge in [0.05, 0.1) is 5.69 Å². The summed E-state index contributed by atoms with van der Waals surface area (Å²) in [5.74, 6) is 1.46. The smallest absolute Gasteiger partial charge is 0.406 e. The van der Waals surface area contributed by atoms with Crippen molar-refractivity contribution in [3.05, 3.63) is 89.2 Å². The predicted octanol–water partition coefficient (Wildman–Crippen LogP) is 8.42. The molecule has 1 N–H and O–H groups in total. The molecule has 2 atom stereocenters. The molecule has 5 rings (SSSR count). The monoisotopic (exact) mass is 664 g/mol. The lowest BCUT2D eigenvalue weighted by molar-refractivity contribution is -0.274. The molecule has 0 aliphatic carbocycles. The van der Waals surface area contributed by atoms with Gasteiger partial charge < -0.3 is 15.0 Å². The molecule has 1 aliphatic rings. The normalized spacial score (nSPS) is 16.7. The number of nitrogens with one attached hydrogen (secondary N) is 1. The van der Waals surface area contributed by atoms with Crippen LogP contribution in [0.2, 0.25) is 0 Å². The van der Waals surface area contributed by atoms with Crippen LogP contribution < -0.4 is 15.0 Å². The summed E-state index contributed by atoms with van der Waals surface area (Å²) in [5.41, 5.74) is 7.26. The van der Waals surface area contributed by atoms with Crippen LogP contribution in [0.1, 0.15) is 48.9 Å². The third-order valence-corrected chi connectivity index (χ3v) is 9.01. The number of aliphatic imine (C=N–C) groups is 1. The van der Waals surface area contributed by atoms with Crippen molar-refractivity contribution in [1.29, 1.82) is 0 Å². The molecule has 248 valence electrons. The lowest BCUT2D eigenvalue weighted by atomic mass is 9.97. The van der Waals surface area contributed by atoms with Crippen molar-refractivity contribution >= 4 is 28.6 Å². The van der Waals surface area contributed by atoms with E-state index in [1.807, 2.05) is 24.3 Å². The number of amidine groups is 1. The molecule has 0 saturated carbocycles. The maximum absolute atomic E-state index is 12.9. The van der Waals surface area contributed by atoms with E-state index < -0.39 is 6.36 Å². The number of benzene rings is 3. The number of nitrogens with zero attached hydrogens (tertiary/aromatic N) is 5. The first-order valence-electron chi connectivity index (χ1n) is 15.6. The Morgan fingerprint density at radius 1 is 1.09 bits per heavy atom. The highest BCUT2D eigenvalue weighted by atomic mass is 32.2. The molecular weight excluding hydrogens is 625 g/mol. The zero-order valence-electron chi connectivity index (χ0n) is 27.1. The molecule has 1 fully saturated rings. The lowest BCUT2D eigenvalue weighted by Crippen LogP contribution is -2.43. The summed E-state index contributed by atoms with van der Waals surface area (Å²) in [5, 5.41) is 8.21. The molecule has 0 radical (unpaired) electrons. The van der Waals surface area contributed by atoms with E-state index >= 15 is 0 Å². The first-order chi connectivity index (χ1) is 22.4. The molecule has 1 saturated heterocycles. The number of rotatable bonds is 9. The second kappa shape index (κ2) is 14.6. The minimum absolute atomic E-state index is 0.253. The van der Waals surface area contributed by atoms with Crippen LogP contribution in [0.15, 0.2) is 72.0 Å². The molecule has 1 aliphatic heterocycles. The number of urea groups is 1. The molecule has 0 spiro atoms. The number of hydrogen-bond acceptors (Lipinski definition) is 5. The second-order valence-corrected chi connectivity index (χ2v) is 13.1. The standard InChI is InChI=1S/C35H39F3N6O2S/c1-22(14-16-39-33(45)41-34-44(26(5)15-17-47-34)31-24(3)18-23(2)19-25(31)4)20-27-6-8-28(9-7-27)32-40-21-43(42-32)29-10-12-30(13-11-29)46-35(36,37)38/h6-13,18-19,21-22,26H,14-17,20H2,1-5H3,(H,39,45). The topological polar surface area (TPSA) is 84.6 Å². The highest BCUT2D eigenvalue weighted by Crippen LogP contribution is 2.34. The molecule has 12 heteroatoms. The number of ether oxygens (including phenoxy) is 1. The quantitative estimate of drug-likeness (QED) is 0.193. The lowest BCUT2D eigenvalue weighted by Gasteiger charge is -2.37. The fraction of sp³-hybridized carbons (Fsp3) is 0.371. The van der Waals surface area contributed by atoms with E-state index in [1.54, 1.807) is 11.8 Å². The minimum Gasteiger partial charge on any atom is -0.406 e. The maximum atomic E-state index is 12.9. The van der Waals surface area contributed by atoms with Gasteiger partial charge >= 0.3 is 12.4 Å². The summed E-state index contributed by atoms with van der Waals surface area (Å²) >= 11 is 1.63. The van der Waals surface area contributed by atoms with Crippen molar-refractivity contribution in [1.82, 2.24) is 20.1 Å². The molecule has 4 aromatic rings. The van der Waals surface area contributed by atoms with Gasteiger partial charge in [0.25, 0.3) is 0 Å². The van der Waals surface area contributed by atoms with Gasteiger partial charge in [0.15, 0.2) is 11.0 Å². The number of halogens is 3. The Hall–Kier alpha value is -4.32. The van der Waals surface area contributed by atoms with Crippen LogP contribution in [0.5, 0.6) is 5.75 Å². The highest BCUT2D eigenvalue weighted by Gasteiger charge is 2.31. The number of alkyl halides is 3. The first kappa shape index (κ1) is 34.0. The van der Waals surface area contributed by atoms with Gasteiger partial charge in [0.1, 0.15) is 12.1 Å². The van der Waals surface area contributed by atoms with E-state index in [4.69, 9.17) is 0 Å². The number of amides is 2. The summed E-state index contributed by atoms with van der Waals surface area (Å²) in [6, 6.07) is 17.7. The van der Waals surface area contributed by atoms with Crippen molar-refractivity contribution in [2.45, 2.75) is 66.3 Å². The Balaban J connectivity index is 1.13. The third-order valence-electron chi connectivity index (χ3n) is 8.02. The Morgan fingerprint density at radius 3 is 2.43 bits per heavy atom. The van der Waals surface area contributed by atoms with Crippen LogP contribution in [0.3, 0.4) is 0 Å². The van der Waals surface area contributed by atoms with Crippen LogP contribution in [0.4, 0.5) is 23.7 Å². The SMILES string of the molecule is Cc1cc(C)c(N2C(=NC(=O)NCCC(C)Cc3ccc(-c4ncn(-c5ccc(OC(F)(F)F)cc5)n4)cc3)SCCC2C)c(C)c1. The van der Waals surface area contributed by atoms with E-state index in [0.717, 1.165) is 47.0 Å². The van der Waals surface area contributed by atoms with Gasteiger partial charge in [-0.05, 0) is 93.8 Å². The molecule has 47 heavy (non-hydrogen) atoms. The van der Waals surface area contributed by atoms with Gasteiger partial charge in [-0.25, -0.2) is 14.5 Å². The van der Waals surface area contributed by atoms with E-state index in [2.05, 4.69) is 76.8 Å². The van der Waals surface area contributed by atoms with E-state index in [9.17, 15) is 18.0 Å². The van der Waals surface area contributed by atoms with Crippen LogP contribution >= 0.6 is 11.8 Å². The molecule has 0 bridgehead atoms. The van der Waals surface area contributed by atoms with Crippen LogP contribution in [0, 0.1) is 26.7 Å². The average molecular weight is 665 g/mol. The summed E-state index contributed by atoms with van der Waals surface area (Å²) in [4.78, 5) is 24.0. The zero-order valence-corrected chi connectivity index (χ0v) is 28.0. The summed E-state index contributed by atoms with van der Waals surface area (Å²) in [6.07, 6.45) is -0.557. The van der Waals surface area contributed by atoms with Gasteiger partial charge in [-0.3, -0.25) is 0 Å². The number of aryl methyl sites for hydroxylation is 3. The van der Waals surface area contributed by atoms with Crippen LogP contribution in [-0.4, -0.2) is 50.7 Å².